The van der Waals surface area contributed by atoms with E-state index in [0.29, 0.717) is 12.5 Å². The molecule has 1 fully saturated rings. The first-order valence-corrected chi connectivity index (χ1v) is 8.28. The van der Waals surface area contributed by atoms with Crippen LogP contribution < -0.4 is 5.32 Å². The molecule has 23 heavy (non-hydrogen) atoms. The molecule has 6 heteroatoms. The first kappa shape index (κ1) is 19.7. The number of carbonyl (C=O) groups excluding carboxylic acids is 1. The number of hydrogen-bond acceptors (Lipinski definition) is 4. The van der Waals surface area contributed by atoms with Crippen molar-refractivity contribution in [2.45, 2.75) is 66.0 Å². The fourth-order valence-electron chi connectivity index (χ4n) is 3.22. The fourth-order valence-corrected chi connectivity index (χ4v) is 3.22. The highest BCUT2D eigenvalue weighted by Crippen LogP contribution is 2.30. The minimum absolute atomic E-state index is 0.00708. The molecule has 0 aromatic heterocycles. The molecule has 0 aliphatic carbocycles. The van der Waals surface area contributed by atoms with E-state index in [-0.39, 0.29) is 18.0 Å². The van der Waals surface area contributed by atoms with E-state index in [1.54, 1.807) is 0 Å². The summed E-state index contributed by atoms with van der Waals surface area (Å²) in [6.45, 7) is 13.3. The second-order valence-electron chi connectivity index (χ2n) is 8.80. The van der Waals surface area contributed by atoms with Gasteiger partial charge in [0.2, 0.25) is 0 Å². The van der Waals surface area contributed by atoms with Gasteiger partial charge in [-0.1, -0.05) is 20.8 Å². The fraction of sp³-hybridized carbons (Fsp3) is 0.882. The van der Waals surface area contributed by atoms with Gasteiger partial charge in [0.1, 0.15) is 5.60 Å². The maximum absolute atomic E-state index is 12.0. The molecule has 134 valence electrons. The van der Waals surface area contributed by atoms with Crippen molar-refractivity contribution >= 4 is 12.1 Å². The summed E-state index contributed by atoms with van der Waals surface area (Å²) in [7, 11) is 0. The number of carboxylic acid groups (broad SMARTS) is 1. The molecule has 0 bridgehead atoms. The number of nitrogens with zero attached hydrogens (tertiary/aromatic N) is 1. The normalized spacial score (nSPS) is 23.4. The number of alkyl carbamates (subject to hydrolysis) is 1. The third kappa shape index (κ3) is 8.79. The van der Waals surface area contributed by atoms with Crippen molar-refractivity contribution < 1.29 is 19.4 Å². The number of amides is 1. The largest absolute Gasteiger partial charge is 0.480 e. The summed E-state index contributed by atoms with van der Waals surface area (Å²) in [5.74, 6) is -0.472. The molecule has 0 aromatic carbocycles. The van der Waals surface area contributed by atoms with Crippen LogP contribution in [0, 0.1) is 11.3 Å². The molecule has 1 amide bonds. The van der Waals surface area contributed by atoms with Gasteiger partial charge in [-0.2, -0.15) is 0 Å². The van der Waals surface area contributed by atoms with Crippen molar-refractivity contribution in [3.63, 3.8) is 0 Å². The number of aliphatic carboxylic acids is 1. The molecular formula is C17H32N2O4. The Morgan fingerprint density at radius 3 is 2.26 bits per heavy atom. The Morgan fingerprint density at radius 2 is 1.78 bits per heavy atom. The van der Waals surface area contributed by atoms with Crippen LogP contribution >= 0.6 is 0 Å². The molecule has 0 spiro atoms. The molecule has 1 aliphatic heterocycles. The standard InChI is InChI=1S/C17H32N2O4/c1-16(2,3)8-12-7-13(10-19(9-12)11-14(20)21)18-15(22)23-17(4,5)6/h12-13H,7-11H2,1-6H3,(H,18,22)(H,20,21). The van der Waals surface area contributed by atoms with Crippen LogP contribution in [0.5, 0.6) is 0 Å². The van der Waals surface area contributed by atoms with Crippen molar-refractivity contribution in [1.82, 2.24) is 10.2 Å². The number of piperidine rings is 1. The lowest BCUT2D eigenvalue weighted by molar-refractivity contribution is -0.138. The van der Waals surface area contributed by atoms with Gasteiger partial charge in [0, 0.05) is 19.1 Å². The Kier molecular flexibility index (Phi) is 6.45. The maximum atomic E-state index is 12.0. The Morgan fingerprint density at radius 1 is 1.17 bits per heavy atom. The Hall–Kier alpha value is -1.30. The molecule has 1 aliphatic rings. The van der Waals surface area contributed by atoms with E-state index in [2.05, 4.69) is 26.1 Å². The smallest absolute Gasteiger partial charge is 0.407 e. The predicted octanol–water partition coefficient (Wildman–Crippen LogP) is 2.72. The molecule has 2 atom stereocenters. The van der Waals surface area contributed by atoms with E-state index < -0.39 is 17.7 Å². The second kappa shape index (κ2) is 7.51. The summed E-state index contributed by atoms with van der Waals surface area (Å²) in [6.07, 6.45) is 1.41. The van der Waals surface area contributed by atoms with Gasteiger partial charge in [0.05, 0.1) is 6.54 Å². The van der Waals surface area contributed by atoms with E-state index >= 15 is 0 Å². The summed E-state index contributed by atoms with van der Waals surface area (Å²) < 4.78 is 5.31. The predicted molar refractivity (Wildman–Crippen MR) is 89.4 cm³/mol. The molecular weight excluding hydrogens is 296 g/mol. The highest BCUT2D eigenvalue weighted by molar-refractivity contribution is 5.69. The average Bonchev–Trinajstić information content (AvgIpc) is 2.20. The zero-order valence-electron chi connectivity index (χ0n) is 15.3. The van der Waals surface area contributed by atoms with Gasteiger partial charge in [0.15, 0.2) is 0 Å². The topological polar surface area (TPSA) is 78.9 Å². The van der Waals surface area contributed by atoms with Crippen molar-refractivity contribution in [3.8, 4) is 0 Å². The lowest BCUT2D eigenvalue weighted by Gasteiger charge is -2.39. The first-order valence-electron chi connectivity index (χ1n) is 8.28. The minimum atomic E-state index is -0.836. The number of rotatable bonds is 4. The number of carbonyl (C=O) groups is 2. The molecule has 1 rings (SSSR count). The van der Waals surface area contributed by atoms with Gasteiger partial charge in [-0.05, 0) is 44.9 Å². The third-order valence-corrected chi connectivity index (χ3v) is 3.59. The van der Waals surface area contributed by atoms with E-state index in [9.17, 15) is 9.59 Å². The van der Waals surface area contributed by atoms with Crippen LogP contribution in [-0.4, -0.2) is 53.3 Å². The van der Waals surface area contributed by atoms with Gasteiger partial charge in [-0.15, -0.1) is 0 Å². The van der Waals surface area contributed by atoms with Gasteiger partial charge in [-0.3, -0.25) is 9.69 Å². The molecule has 2 unspecified atom stereocenters. The molecule has 6 nitrogen and oxygen atoms in total. The highest BCUT2D eigenvalue weighted by atomic mass is 16.6. The average molecular weight is 328 g/mol. The summed E-state index contributed by atoms with van der Waals surface area (Å²) in [4.78, 5) is 24.9. The molecule has 0 aromatic rings. The first-order chi connectivity index (χ1) is 10.3. The summed E-state index contributed by atoms with van der Waals surface area (Å²) in [5.41, 5.74) is -0.363. The lowest BCUT2D eigenvalue weighted by atomic mass is 9.80. The van der Waals surface area contributed by atoms with Crippen molar-refractivity contribution in [3.05, 3.63) is 0 Å². The van der Waals surface area contributed by atoms with Crippen LogP contribution in [0.15, 0.2) is 0 Å². The quantitative estimate of drug-likeness (QED) is 0.829. The maximum Gasteiger partial charge on any atom is 0.407 e. The van der Waals surface area contributed by atoms with Crippen LogP contribution in [0.4, 0.5) is 4.79 Å². The van der Waals surface area contributed by atoms with E-state index in [0.717, 1.165) is 19.4 Å². The van der Waals surface area contributed by atoms with Gasteiger partial charge >= 0.3 is 12.1 Å². The van der Waals surface area contributed by atoms with Crippen molar-refractivity contribution in [2.75, 3.05) is 19.6 Å². The Balaban J connectivity index is 2.69. The SMILES string of the molecule is CC(C)(C)CC1CC(NC(=O)OC(C)(C)C)CN(CC(=O)O)C1. The van der Waals surface area contributed by atoms with Gasteiger partial charge in [0.25, 0.3) is 0 Å². The van der Waals surface area contributed by atoms with Crippen LogP contribution in [-0.2, 0) is 9.53 Å². The summed E-state index contributed by atoms with van der Waals surface area (Å²) in [5, 5.41) is 12.0. The highest BCUT2D eigenvalue weighted by Gasteiger charge is 2.32. The van der Waals surface area contributed by atoms with E-state index in [1.807, 2.05) is 25.7 Å². The minimum Gasteiger partial charge on any atom is -0.480 e. The van der Waals surface area contributed by atoms with Crippen LogP contribution in [0.25, 0.3) is 0 Å². The number of carboxylic acids is 1. The van der Waals surface area contributed by atoms with Crippen LogP contribution in [0.2, 0.25) is 0 Å². The number of hydrogen-bond donors (Lipinski definition) is 2. The molecule has 0 radical (unpaired) electrons. The van der Waals surface area contributed by atoms with E-state index in [1.165, 1.54) is 0 Å². The molecule has 2 N–H and O–H groups in total. The monoisotopic (exact) mass is 328 g/mol. The lowest BCUT2D eigenvalue weighted by Crippen LogP contribution is -2.53. The van der Waals surface area contributed by atoms with Gasteiger partial charge < -0.3 is 15.2 Å². The third-order valence-electron chi connectivity index (χ3n) is 3.59. The number of nitrogens with one attached hydrogen (secondary N) is 1. The molecule has 1 saturated heterocycles. The second-order valence-corrected chi connectivity index (χ2v) is 8.80. The Bertz CT molecular complexity index is 423. The Labute approximate surface area is 139 Å². The summed E-state index contributed by atoms with van der Waals surface area (Å²) in [6, 6.07) is -0.0784. The van der Waals surface area contributed by atoms with Gasteiger partial charge in [-0.25, -0.2) is 4.79 Å². The number of ether oxygens (including phenoxy) is 1. The van der Waals surface area contributed by atoms with Crippen LogP contribution in [0.1, 0.15) is 54.4 Å². The van der Waals surface area contributed by atoms with Crippen molar-refractivity contribution in [2.24, 2.45) is 11.3 Å². The van der Waals surface area contributed by atoms with Crippen LogP contribution in [0.3, 0.4) is 0 Å². The van der Waals surface area contributed by atoms with Crippen molar-refractivity contribution in [1.29, 1.82) is 0 Å². The molecule has 1 heterocycles. The number of likely N-dealkylation sites (tertiary alicyclic amines) is 1. The molecule has 0 saturated carbocycles. The van der Waals surface area contributed by atoms with E-state index in [4.69, 9.17) is 9.84 Å². The zero-order valence-corrected chi connectivity index (χ0v) is 15.3. The zero-order chi connectivity index (χ0) is 17.8. The summed E-state index contributed by atoms with van der Waals surface area (Å²) >= 11 is 0.